The number of rotatable bonds is 7. The van der Waals surface area contributed by atoms with Gasteiger partial charge in [-0.1, -0.05) is 37.3 Å². The first kappa shape index (κ1) is 25.9. The fraction of sp³-hybridized carbons (Fsp3) is 0.276. The molecule has 0 radical (unpaired) electrons. The molecule has 1 aliphatic heterocycles. The number of carbonyl (C=O) groups is 2. The zero-order valence-corrected chi connectivity index (χ0v) is 21.2. The van der Waals surface area contributed by atoms with E-state index in [1.54, 1.807) is 5.01 Å². The van der Waals surface area contributed by atoms with Gasteiger partial charge in [0, 0.05) is 11.5 Å². The molecule has 7 nitrogen and oxygen atoms in total. The minimum atomic E-state index is -0.522. The van der Waals surface area contributed by atoms with Gasteiger partial charge in [0.1, 0.15) is 11.6 Å². The van der Waals surface area contributed by atoms with Crippen molar-refractivity contribution in [2.75, 3.05) is 19.2 Å². The molecule has 0 saturated heterocycles. The summed E-state index contributed by atoms with van der Waals surface area (Å²) >= 11 is 0. The summed E-state index contributed by atoms with van der Waals surface area (Å²) in [5.41, 5.74) is 5.20. The summed E-state index contributed by atoms with van der Waals surface area (Å²) in [5, 5.41) is 15.9. The SMILES string of the molecule is COC(=O)C[C@H]1[C@H](C)C(C(=O)OC)=NN1c1ccc(Cc2ccc(-c3cc(O)ccc3F)cc2C)cc1. The van der Waals surface area contributed by atoms with E-state index in [0.717, 1.165) is 22.4 Å². The molecule has 192 valence electrons. The fourth-order valence-electron chi connectivity index (χ4n) is 4.56. The Hall–Kier alpha value is -4.20. The van der Waals surface area contributed by atoms with E-state index >= 15 is 0 Å². The van der Waals surface area contributed by atoms with Gasteiger partial charge >= 0.3 is 11.9 Å². The van der Waals surface area contributed by atoms with Crippen molar-refractivity contribution in [1.29, 1.82) is 0 Å². The lowest BCUT2D eigenvalue weighted by molar-refractivity contribution is -0.141. The van der Waals surface area contributed by atoms with E-state index in [4.69, 9.17) is 9.47 Å². The van der Waals surface area contributed by atoms with Gasteiger partial charge in [0.2, 0.25) is 0 Å². The Morgan fingerprint density at radius 3 is 2.41 bits per heavy atom. The normalized spacial score (nSPS) is 16.9. The predicted octanol–water partition coefficient (Wildman–Crippen LogP) is 5.01. The fourth-order valence-corrected chi connectivity index (χ4v) is 4.56. The van der Waals surface area contributed by atoms with Crippen molar-refractivity contribution in [1.82, 2.24) is 0 Å². The molecule has 3 aromatic carbocycles. The molecule has 0 fully saturated rings. The van der Waals surface area contributed by atoms with Crippen LogP contribution < -0.4 is 5.01 Å². The van der Waals surface area contributed by atoms with Crippen molar-refractivity contribution in [3.8, 4) is 16.9 Å². The number of nitrogens with zero attached hydrogens (tertiary/aromatic N) is 2. The minimum absolute atomic E-state index is 0.0162. The van der Waals surface area contributed by atoms with E-state index in [2.05, 4.69) is 5.10 Å². The van der Waals surface area contributed by atoms with Crippen LogP contribution in [0.2, 0.25) is 0 Å². The molecule has 0 saturated carbocycles. The predicted molar refractivity (Wildman–Crippen MR) is 139 cm³/mol. The molecule has 0 spiro atoms. The molecule has 1 N–H and O–H groups in total. The van der Waals surface area contributed by atoms with Crippen LogP contribution >= 0.6 is 0 Å². The monoisotopic (exact) mass is 504 g/mol. The van der Waals surface area contributed by atoms with Gasteiger partial charge in [-0.25, -0.2) is 9.18 Å². The van der Waals surface area contributed by atoms with Crippen LogP contribution in [0, 0.1) is 18.7 Å². The minimum Gasteiger partial charge on any atom is -0.508 e. The van der Waals surface area contributed by atoms with Crippen molar-refractivity contribution >= 4 is 23.3 Å². The topological polar surface area (TPSA) is 88.4 Å². The number of aromatic hydroxyl groups is 1. The van der Waals surface area contributed by atoms with Gasteiger partial charge < -0.3 is 14.6 Å². The maximum Gasteiger partial charge on any atom is 0.354 e. The number of aryl methyl sites for hydroxylation is 1. The quantitative estimate of drug-likeness (QED) is 0.455. The van der Waals surface area contributed by atoms with E-state index < -0.39 is 5.97 Å². The van der Waals surface area contributed by atoms with Crippen LogP contribution in [0.15, 0.2) is 65.8 Å². The van der Waals surface area contributed by atoms with Crippen molar-refractivity contribution in [3.63, 3.8) is 0 Å². The van der Waals surface area contributed by atoms with Gasteiger partial charge in [0.25, 0.3) is 0 Å². The molecule has 1 heterocycles. The average Bonchev–Trinajstić information content (AvgIpc) is 3.22. The number of hydrazone groups is 1. The van der Waals surface area contributed by atoms with Crippen LogP contribution in [0.25, 0.3) is 11.1 Å². The van der Waals surface area contributed by atoms with E-state index in [0.29, 0.717) is 17.5 Å². The van der Waals surface area contributed by atoms with E-state index in [1.807, 2.05) is 56.3 Å². The van der Waals surface area contributed by atoms with Crippen LogP contribution in [0.3, 0.4) is 0 Å². The number of methoxy groups -OCH3 is 2. The highest BCUT2D eigenvalue weighted by Gasteiger charge is 2.40. The maximum atomic E-state index is 14.3. The van der Waals surface area contributed by atoms with Crippen molar-refractivity contribution < 1.29 is 28.6 Å². The third-order valence-electron chi connectivity index (χ3n) is 6.74. The Balaban J connectivity index is 1.55. The Bertz CT molecular complexity index is 1350. The number of ether oxygens (including phenoxy) is 2. The number of carbonyl (C=O) groups excluding carboxylic acids is 2. The standard InChI is InChI=1S/C29H29FN2O5/c1-17-13-21(24-15-23(33)11-12-25(24)30)8-7-20(17)14-19-5-9-22(10-6-19)32-26(16-27(34)36-3)18(2)28(31-32)29(35)37-4/h5-13,15,18,26,33H,14,16H2,1-4H3/t18-,26-/m0/s1. The Labute approximate surface area is 215 Å². The maximum absolute atomic E-state index is 14.3. The van der Waals surface area contributed by atoms with Crippen molar-refractivity contribution in [2.45, 2.75) is 32.7 Å². The van der Waals surface area contributed by atoms with Gasteiger partial charge in [0.15, 0.2) is 5.71 Å². The summed E-state index contributed by atoms with van der Waals surface area (Å²) < 4.78 is 24.0. The number of benzene rings is 3. The van der Waals surface area contributed by atoms with E-state index in [9.17, 15) is 19.1 Å². The van der Waals surface area contributed by atoms with Crippen LogP contribution in [0.4, 0.5) is 10.1 Å². The third kappa shape index (κ3) is 5.48. The lowest BCUT2D eigenvalue weighted by atomic mass is 9.94. The van der Waals surface area contributed by atoms with Gasteiger partial charge in [-0.15, -0.1) is 0 Å². The molecular weight excluding hydrogens is 475 g/mol. The number of hydrogen-bond donors (Lipinski definition) is 1. The van der Waals surface area contributed by atoms with Gasteiger partial charge in [-0.05, 0) is 65.9 Å². The highest BCUT2D eigenvalue weighted by atomic mass is 19.1. The second-order valence-corrected chi connectivity index (χ2v) is 9.11. The number of hydrogen-bond acceptors (Lipinski definition) is 7. The molecule has 3 aromatic rings. The van der Waals surface area contributed by atoms with Gasteiger partial charge in [-0.3, -0.25) is 9.80 Å². The first-order valence-corrected chi connectivity index (χ1v) is 11.9. The molecule has 8 heteroatoms. The summed E-state index contributed by atoms with van der Waals surface area (Å²) in [4.78, 5) is 24.2. The number of esters is 2. The molecule has 0 unspecified atom stereocenters. The molecule has 37 heavy (non-hydrogen) atoms. The van der Waals surface area contributed by atoms with Crippen LogP contribution in [-0.2, 0) is 25.5 Å². The summed E-state index contributed by atoms with van der Waals surface area (Å²) in [6, 6.07) is 17.1. The zero-order chi connectivity index (χ0) is 26.7. The van der Waals surface area contributed by atoms with Crippen molar-refractivity contribution in [2.24, 2.45) is 11.0 Å². The molecule has 0 amide bonds. The molecule has 2 atom stereocenters. The molecule has 0 bridgehead atoms. The Kier molecular flexibility index (Phi) is 7.57. The largest absolute Gasteiger partial charge is 0.508 e. The number of phenolic OH excluding ortho intramolecular Hbond substituents is 1. The van der Waals surface area contributed by atoms with Crippen LogP contribution in [0.5, 0.6) is 5.75 Å². The summed E-state index contributed by atoms with van der Waals surface area (Å²) in [6.45, 7) is 3.81. The number of phenols is 1. The zero-order valence-electron chi connectivity index (χ0n) is 21.2. The second-order valence-electron chi connectivity index (χ2n) is 9.11. The summed E-state index contributed by atoms with van der Waals surface area (Å²) in [6.07, 6.45) is 0.738. The second kappa shape index (κ2) is 10.8. The van der Waals surface area contributed by atoms with Crippen LogP contribution in [-0.4, -0.2) is 43.0 Å². The van der Waals surface area contributed by atoms with Crippen LogP contribution in [0.1, 0.15) is 30.0 Å². The summed E-state index contributed by atoms with van der Waals surface area (Å²) in [7, 11) is 2.64. The first-order valence-electron chi connectivity index (χ1n) is 11.9. The Morgan fingerprint density at radius 1 is 1.03 bits per heavy atom. The lowest BCUT2D eigenvalue weighted by Crippen LogP contribution is -2.35. The molecule has 1 aliphatic rings. The Morgan fingerprint density at radius 2 is 1.76 bits per heavy atom. The lowest BCUT2D eigenvalue weighted by Gasteiger charge is -2.25. The summed E-state index contributed by atoms with van der Waals surface area (Å²) in [5.74, 6) is -1.60. The molecule has 0 aliphatic carbocycles. The van der Waals surface area contributed by atoms with Gasteiger partial charge in [-0.2, -0.15) is 5.10 Å². The van der Waals surface area contributed by atoms with E-state index in [1.165, 1.54) is 32.4 Å². The highest BCUT2D eigenvalue weighted by molar-refractivity contribution is 6.38. The van der Waals surface area contributed by atoms with E-state index in [-0.39, 0.29) is 41.6 Å². The molecule has 0 aromatic heterocycles. The first-order chi connectivity index (χ1) is 17.7. The smallest absolute Gasteiger partial charge is 0.354 e. The number of halogens is 1. The van der Waals surface area contributed by atoms with Gasteiger partial charge in [0.05, 0.1) is 32.4 Å². The molecule has 4 rings (SSSR count). The average molecular weight is 505 g/mol. The third-order valence-corrected chi connectivity index (χ3v) is 6.74. The molecular formula is C29H29FN2O5. The van der Waals surface area contributed by atoms with Crippen molar-refractivity contribution in [3.05, 3.63) is 83.2 Å². The highest BCUT2D eigenvalue weighted by Crippen LogP contribution is 2.32. The number of anilines is 1.